The third kappa shape index (κ3) is 3.86. The molecule has 0 amide bonds. The van der Waals surface area contributed by atoms with Crippen LogP contribution in [0.25, 0.3) is 0 Å². The molecular weight excluding hydrogens is 369 g/mol. The molecule has 0 radical (unpaired) electrons. The zero-order valence-electron chi connectivity index (χ0n) is 13.3. The van der Waals surface area contributed by atoms with E-state index < -0.39 is 0 Å². The predicted molar refractivity (Wildman–Crippen MR) is 99.9 cm³/mol. The Labute approximate surface area is 142 Å². The Hall–Kier alpha value is -0.870. The van der Waals surface area contributed by atoms with Gasteiger partial charge in [-0.15, -0.1) is 0 Å². The lowest BCUT2D eigenvalue weighted by molar-refractivity contribution is 0.627. The Morgan fingerprint density at radius 2 is 1.62 bits per heavy atom. The van der Waals surface area contributed by atoms with Gasteiger partial charge in [-0.1, -0.05) is 63.2 Å². The van der Waals surface area contributed by atoms with Gasteiger partial charge in [-0.2, -0.15) is 0 Å². The number of rotatable bonds is 5. The zero-order valence-corrected chi connectivity index (χ0v) is 15.4. The average molecular weight is 393 g/mol. The smallest absolute Gasteiger partial charge is 0.0587 e. The van der Waals surface area contributed by atoms with Crippen molar-refractivity contribution >= 4 is 22.6 Å². The molecule has 0 bridgehead atoms. The van der Waals surface area contributed by atoms with Gasteiger partial charge in [0.2, 0.25) is 0 Å². The number of halogens is 1. The molecule has 0 saturated carbocycles. The summed E-state index contributed by atoms with van der Waals surface area (Å²) in [6.45, 7) is 9.77. The lowest BCUT2D eigenvalue weighted by Crippen LogP contribution is -2.23. The first-order valence-corrected chi connectivity index (χ1v) is 8.70. The van der Waals surface area contributed by atoms with Crippen molar-refractivity contribution in [2.24, 2.45) is 0 Å². The SMILES string of the molecule is CCNC(c1ccc(C(C)C)cc1)c1cccc(C)c1I. The van der Waals surface area contributed by atoms with Crippen molar-refractivity contribution in [1.82, 2.24) is 5.32 Å². The number of benzene rings is 2. The fourth-order valence-electron chi connectivity index (χ4n) is 2.58. The van der Waals surface area contributed by atoms with Crippen molar-refractivity contribution in [3.63, 3.8) is 0 Å². The summed E-state index contributed by atoms with van der Waals surface area (Å²) in [7, 11) is 0. The lowest BCUT2D eigenvalue weighted by atomic mass is 9.94. The highest BCUT2D eigenvalue weighted by atomic mass is 127. The Bertz CT molecular complexity index is 587. The predicted octanol–water partition coefficient (Wildman–Crippen LogP) is 5.42. The molecule has 21 heavy (non-hydrogen) atoms. The van der Waals surface area contributed by atoms with Crippen molar-refractivity contribution < 1.29 is 0 Å². The van der Waals surface area contributed by atoms with Gasteiger partial charge in [-0.3, -0.25) is 0 Å². The summed E-state index contributed by atoms with van der Waals surface area (Å²) < 4.78 is 1.36. The first-order chi connectivity index (χ1) is 10.0. The van der Waals surface area contributed by atoms with Gasteiger partial charge < -0.3 is 5.32 Å². The molecule has 1 unspecified atom stereocenters. The van der Waals surface area contributed by atoms with E-state index in [-0.39, 0.29) is 6.04 Å². The summed E-state index contributed by atoms with van der Waals surface area (Å²) in [4.78, 5) is 0. The number of hydrogen-bond acceptors (Lipinski definition) is 1. The summed E-state index contributed by atoms with van der Waals surface area (Å²) in [5.41, 5.74) is 5.45. The highest BCUT2D eigenvalue weighted by Gasteiger charge is 2.16. The third-order valence-corrected chi connectivity index (χ3v) is 5.35. The van der Waals surface area contributed by atoms with E-state index in [0.717, 1.165) is 6.54 Å². The monoisotopic (exact) mass is 393 g/mol. The molecule has 0 saturated heterocycles. The molecule has 1 nitrogen and oxygen atoms in total. The third-order valence-electron chi connectivity index (χ3n) is 3.88. The number of aryl methyl sites for hydroxylation is 1. The molecule has 0 aromatic heterocycles. The van der Waals surface area contributed by atoms with Crippen molar-refractivity contribution in [3.8, 4) is 0 Å². The van der Waals surface area contributed by atoms with Gasteiger partial charge in [-0.05, 0) is 64.2 Å². The fraction of sp³-hybridized carbons (Fsp3) is 0.368. The average Bonchev–Trinajstić information content (AvgIpc) is 2.48. The minimum Gasteiger partial charge on any atom is -0.306 e. The van der Waals surface area contributed by atoms with Gasteiger partial charge in [0, 0.05) is 3.57 Å². The highest BCUT2D eigenvalue weighted by Crippen LogP contribution is 2.29. The quantitative estimate of drug-likeness (QED) is 0.669. The Morgan fingerprint density at radius 1 is 1.00 bits per heavy atom. The first-order valence-electron chi connectivity index (χ1n) is 7.62. The topological polar surface area (TPSA) is 12.0 Å². The van der Waals surface area contributed by atoms with Crippen LogP contribution < -0.4 is 5.32 Å². The molecule has 2 rings (SSSR count). The van der Waals surface area contributed by atoms with Crippen LogP contribution in [0.3, 0.4) is 0 Å². The minimum atomic E-state index is 0.267. The lowest BCUT2D eigenvalue weighted by Gasteiger charge is -2.22. The summed E-state index contributed by atoms with van der Waals surface area (Å²) in [5, 5.41) is 3.63. The fourth-order valence-corrected chi connectivity index (χ4v) is 3.25. The van der Waals surface area contributed by atoms with E-state index in [1.54, 1.807) is 0 Å². The van der Waals surface area contributed by atoms with Gasteiger partial charge in [-0.25, -0.2) is 0 Å². The molecular formula is C19H24IN. The van der Waals surface area contributed by atoms with Crippen molar-refractivity contribution in [3.05, 3.63) is 68.3 Å². The molecule has 0 aliphatic rings. The summed E-state index contributed by atoms with van der Waals surface area (Å²) >= 11 is 2.46. The van der Waals surface area contributed by atoms with Gasteiger partial charge in [0.25, 0.3) is 0 Å². The van der Waals surface area contributed by atoms with Gasteiger partial charge in [0.05, 0.1) is 6.04 Å². The van der Waals surface area contributed by atoms with E-state index in [1.807, 2.05) is 0 Å². The van der Waals surface area contributed by atoms with Crippen LogP contribution in [0, 0.1) is 10.5 Å². The van der Waals surface area contributed by atoms with Crippen molar-refractivity contribution in [2.45, 2.75) is 39.7 Å². The van der Waals surface area contributed by atoms with Crippen LogP contribution in [-0.4, -0.2) is 6.54 Å². The maximum atomic E-state index is 3.63. The van der Waals surface area contributed by atoms with Crippen LogP contribution in [0.2, 0.25) is 0 Å². The molecule has 1 N–H and O–H groups in total. The zero-order chi connectivity index (χ0) is 15.4. The van der Waals surface area contributed by atoms with Crippen LogP contribution in [0.1, 0.15) is 55.0 Å². The number of hydrogen-bond donors (Lipinski definition) is 1. The van der Waals surface area contributed by atoms with Gasteiger partial charge in [0.1, 0.15) is 0 Å². The Kier molecular flexibility index (Phi) is 5.82. The molecule has 2 aromatic rings. The molecule has 0 aliphatic heterocycles. The highest BCUT2D eigenvalue weighted by molar-refractivity contribution is 14.1. The molecule has 2 aromatic carbocycles. The van der Waals surface area contributed by atoms with Crippen LogP contribution in [-0.2, 0) is 0 Å². The first kappa shape index (κ1) is 16.5. The molecule has 2 heteroatoms. The number of nitrogens with one attached hydrogen (secondary N) is 1. The molecule has 0 fully saturated rings. The van der Waals surface area contributed by atoms with Crippen LogP contribution in [0.4, 0.5) is 0 Å². The van der Waals surface area contributed by atoms with E-state index in [4.69, 9.17) is 0 Å². The molecule has 112 valence electrons. The largest absolute Gasteiger partial charge is 0.306 e. The Morgan fingerprint density at radius 3 is 2.19 bits per heavy atom. The normalized spacial score (nSPS) is 12.7. The van der Waals surface area contributed by atoms with E-state index in [9.17, 15) is 0 Å². The van der Waals surface area contributed by atoms with Crippen LogP contribution in [0.5, 0.6) is 0 Å². The van der Waals surface area contributed by atoms with Gasteiger partial charge in [0.15, 0.2) is 0 Å². The van der Waals surface area contributed by atoms with Crippen molar-refractivity contribution in [2.75, 3.05) is 6.54 Å². The second kappa shape index (κ2) is 7.41. The Balaban J connectivity index is 2.41. The van der Waals surface area contributed by atoms with E-state index in [0.29, 0.717) is 5.92 Å². The maximum absolute atomic E-state index is 3.63. The standard InChI is InChI=1S/C19H24IN/c1-5-21-19(17-8-6-7-14(4)18(17)20)16-11-9-15(10-12-16)13(2)3/h6-13,19,21H,5H2,1-4H3. The maximum Gasteiger partial charge on any atom is 0.0587 e. The second-order valence-electron chi connectivity index (χ2n) is 5.79. The molecule has 0 heterocycles. The van der Waals surface area contributed by atoms with E-state index >= 15 is 0 Å². The molecule has 0 aliphatic carbocycles. The molecule has 1 atom stereocenters. The minimum absolute atomic E-state index is 0.267. The van der Waals surface area contributed by atoms with Gasteiger partial charge >= 0.3 is 0 Å². The van der Waals surface area contributed by atoms with E-state index in [1.165, 1.54) is 25.8 Å². The molecule has 0 spiro atoms. The summed E-state index contributed by atoms with van der Waals surface area (Å²) in [6.07, 6.45) is 0. The van der Waals surface area contributed by atoms with Crippen LogP contribution >= 0.6 is 22.6 Å². The summed E-state index contributed by atoms with van der Waals surface area (Å²) in [5.74, 6) is 0.579. The second-order valence-corrected chi connectivity index (χ2v) is 6.87. The van der Waals surface area contributed by atoms with Crippen LogP contribution in [0.15, 0.2) is 42.5 Å². The summed E-state index contributed by atoms with van der Waals surface area (Å²) in [6, 6.07) is 15.9. The van der Waals surface area contributed by atoms with Crippen molar-refractivity contribution in [1.29, 1.82) is 0 Å². The van der Waals surface area contributed by atoms with E-state index in [2.05, 4.69) is 98.1 Å².